The molecule has 0 aliphatic carbocycles. The fourth-order valence-electron chi connectivity index (χ4n) is 3.18. The molecular formula is C14H22N2O4. The fraction of sp³-hybridized carbons (Fsp3) is 0.786. The van der Waals surface area contributed by atoms with Gasteiger partial charge in [0.2, 0.25) is 11.8 Å². The number of carboxylic acids is 1. The van der Waals surface area contributed by atoms with E-state index >= 15 is 0 Å². The molecule has 0 aromatic rings. The molecule has 0 bridgehead atoms. The number of hydrogen-bond donors (Lipinski definition) is 1. The van der Waals surface area contributed by atoms with Crippen LogP contribution in [0.4, 0.5) is 0 Å². The van der Waals surface area contributed by atoms with Gasteiger partial charge in [-0.05, 0) is 26.2 Å². The van der Waals surface area contributed by atoms with Crippen LogP contribution in [0.15, 0.2) is 0 Å². The van der Waals surface area contributed by atoms with Gasteiger partial charge < -0.3 is 14.9 Å². The van der Waals surface area contributed by atoms with Crippen molar-refractivity contribution >= 4 is 17.8 Å². The highest BCUT2D eigenvalue weighted by atomic mass is 16.4. The SMILES string of the molecule is CCN1CC(C(=O)N2CCCCC2CC(=O)O)CC1=O. The number of rotatable bonds is 4. The van der Waals surface area contributed by atoms with Crippen molar-refractivity contribution in [1.29, 1.82) is 0 Å². The summed E-state index contributed by atoms with van der Waals surface area (Å²) >= 11 is 0. The van der Waals surface area contributed by atoms with Crippen LogP contribution in [-0.2, 0) is 14.4 Å². The summed E-state index contributed by atoms with van der Waals surface area (Å²) in [6.45, 7) is 3.62. The van der Waals surface area contributed by atoms with Crippen molar-refractivity contribution in [1.82, 2.24) is 9.80 Å². The minimum atomic E-state index is -0.868. The van der Waals surface area contributed by atoms with E-state index in [-0.39, 0.29) is 36.6 Å². The first-order chi connectivity index (χ1) is 9.52. The Labute approximate surface area is 118 Å². The average Bonchev–Trinajstić information content (AvgIpc) is 2.79. The van der Waals surface area contributed by atoms with Crippen molar-refractivity contribution in [3.63, 3.8) is 0 Å². The van der Waals surface area contributed by atoms with Gasteiger partial charge in [-0.15, -0.1) is 0 Å². The van der Waals surface area contributed by atoms with Crippen LogP contribution in [0.2, 0.25) is 0 Å². The Bertz CT molecular complexity index is 410. The average molecular weight is 282 g/mol. The lowest BCUT2D eigenvalue weighted by atomic mass is 9.96. The monoisotopic (exact) mass is 282 g/mol. The normalized spacial score (nSPS) is 26.9. The molecule has 0 saturated carbocycles. The number of likely N-dealkylation sites (tertiary alicyclic amines) is 2. The van der Waals surface area contributed by atoms with Gasteiger partial charge in [0.1, 0.15) is 0 Å². The van der Waals surface area contributed by atoms with Crippen LogP contribution in [0, 0.1) is 5.92 Å². The molecule has 2 atom stereocenters. The number of carbonyl (C=O) groups is 3. The number of piperidine rings is 1. The zero-order valence-corrected chi connectivity index (χ0v) is 11.9. The molecule has 2 saturated heterocycles. The van der Waals surface area contributed by atoms with Gasteiger partial charge in [0.25, 0.3) is 0 Å². The molecule has 2 heterocycles. The van der Waals surface area contributed by atoms with Crippen molar-refractivity contribution in [2.24, 2.45) is 5.92 Å². The summed E-state index contributed by atoms with van der Waals surface area (Å²) < 4.78 is 0. The summed E-state index contributed by atoms with van der Waals surface area (Å²) in [5.41, 5.74) is 0. The first-order valence-corrected chi connectivity index (χ1v) is 7.33. The Kier molecular flexibility index (Phi) is 4.62. The molecule has 0 aromatic heterocycles. The lowest BCUT2D eigenvalue weighted by Gasteiger charge is -2.36. The number of amides is 2. The summed E-state index contributed by atoms with van der Waals surface area (Å²) in [6, 6.07) is -0.209. The predicted octanol–water partition coefficient (Wildman–Crippen LogP) is 0.711. The molecule has 1 N–H and O–H groups in total. The highest BCUT2D eigenvalue weighted by Gasteiger charge is 2.38. The molecule has 2 rings (SSSR count). The second-order valence-corrected chi connectivity index (χ2v) is 5.61. The summed E-state index contributed by atoms with van der Waals surface area (Å²) in [7, 11) is 0. The van der Waals surface area contributed by atoms with Crippen LogP contribution >= 0.6 is 0 Å². The van der Waals surface area contributed by atoms with E-state index in [1.807, 2.05) is 6.92 Å². The van der Waals surface area contributed by atoms with Gasteiger partial charge in [0, 0.05) is 32.1 Å². The third kappa shape index (κ3) is 3.11. The van der Waals surface area contributed by atoms with Crippen LogP contribution in [0.3, 0.4) is 0 Å². The number of carboxylic acid groups (broad SMARTS) is 1. The fourth-order valence-corrected chi connectivity index (χ4v) is 3.18. The zero-order valence-electron chi connectivity index (χ0n) is 11.9. The Morgan fingerprint density at radius 1 is 1.35 bits per heavy atom. The Hall–Kier alpha value is -1.59. The van der Waals surface area contributed by atoms with E-state index in [9.17, 15) is 14.4 Å². The minimum absolute atomic E-state index is 0.00387. The molecule has 2 amide bonds. The van der Waals surface area contributed by atoms with Gasteiger partial charge in [0.05, 0.1) is 12.3 Å². The Morgan fingerprint density at radius 3 is 2.70 bits per heavy atom. The molecule has 0 radical (unpaired) electrons. The maximum absolute atomic E-state index is 12.6. The lowest BCUT2D eigenvalue weighted by molar-refractivity contribution is -0.144. The highest BCUT2D eigenvalue weighted by Crippen LogP contribution is 2.26. The Balaban J connectivity index is 2.03. The van der Waals surface area contributed by atoms with E-state index in [1.54, 1.807) is 9.80 Å². The molecular weight excluding hydrogens is 260 g/mol. The van der Waals surface area contributed by atoms with Crippen LogP contribution in [0.5, 0.6) is 0 Å². The van der Waals surface area contributed by atoms with E-state index in [0.29, 0.717) is 19.6 Å². The summed E-state index contributed by atoms with van der Waals surface area (Å²) in [6.07, 6.45) is 2.90. The van der Waals surface area contributed by atoms with Crippen LogP contribution < -0.4 is 0 Å². The van der Waals surface area contributed by atoms with Crippen molar-refractivity contribution < 1.29 is 19.5 Å². The summed E-state index contributed by atoms with van der Waals surface area (Å²) in [5, 5.41) is 8.95. The molecule has 2 aliphatic heterocycles. The van der Waals surface area contributed by atoms with Crippen molar-refractivity contribution in [3.05, 3.63) is 0 Å². The third-order valence-electron chi connectivity index (χ3n) is 4.27. The van der Waals surface area contributed by atoms with Gasteiger partial charge in [-0.3, -0.25) is 14.4 Å². The van der Waals surface area contributed by atoms with Crippen LogP contribution in [-0.4, -0.2) is 58.4 Å². The van der Waals surface area contributed by atoms with E-state index in [4.69, 9.17) is 5.11 Å². The number of carbonyl (C=O) groups excluding carboxylic acids is 2. The summed E-state index contributed by atoms with van der Waals surface area (Å²) in [5.74, 6) is -1.18. The lowest BCUT2D eigenvalue weighted by Crippen LogP contribution is -2.47. The molecule has 0 spiro atoms. The maximum atomic E-state index is 12.6. The van der Waals surface area contributed by atoms with Gasteiger partial charge in [-0.1, -0.05) is 0 Å². The zero-order chi connectivity index (χ0) is 14.7. The molecule has 2 aliphatic rings. The Morgan fingerprint density at radius 2 is 2.10 bits per heavy atom. The number of hydrogen-bond acceptors (Lipinski definition) is 3. The number of aliphatic carboxylic acids is 1. The first-order valence-electron chi connectivity index (χ1n) is 7.33. The molecule has 2 fully saturated rings. The molecule has 2 unspecified atom stereocenters. The van der Waals surface area contributed by atoms with Crippen LogP contribution in [0.1, 0.15) is 39.0 Å². The topological polar surface area (TPSA) is 77.9 Å². The molecule has 112 valence electrons. The van der Waals surface area contributed by atoms with Gasteiger partial charge >= 0.3 is 5.97 Å². The highest BCUT2D eigenvalue weighted by molar-refractivity contribution is 5.89. The standard InChI is InChI=1S/C14H22N2O4/c1-2-15-9-10(7-12(15)17)14(20)16-6-4-3-5-11(16)8-13(18)19/h10-11H,2-9H2,1H3,(H,18,19). The van der Waals surface area contributed by atoms with Crippen molar-refractivity contribution in [3.8, 4) is 0 Å². The van der Waals surface area contributed by atoms with Gasteiger partial charge in [-0.2, -0.15) is 0 Å². The van der Waals surface area contributed by atoms with Crippen molar-refractivity contribution in [2.45, 2.75) is 45.1 Å². The predicted molar refractivity (Wildman–Crippen MR) is 72.0 cm³/mol. The van der Waals surface area contributed by atoms with E-state index in [0.717, 1.165) is 19.3 Å². The van der Waals surface area contributed by atoms with E-state index < -0.39 is 5.97 Å². The van der Waals surface area contributed by atoms with Gasteiger partial charge in [-0.25, -0.2) is 0 Å². The molecule has 6 heteroatoms. The maximum Gasteiger partial charge on any atom is 0.305 e. The quantitative estimate of drug-likeness (QED) is 0.823. The minimum Gasteiger partial charge on any atom is -0.481 e. The van der Waals surface area contributed by atoms with E-state index in [1.165, 1.54) is 0 Å². The van der Waals surface area contributed by atoms with Crippen LogP contribution in [0.25, 0.3) is 0 Å². The largest absolute Gasteiger partial charge is 0.481 e. The first kappa shape index (κ1) is 14.8. The molecule has 0 aromatic carbocycles. The smallest absolute Gasteiger partial charge is 0.305 e. The number of nitrogens with zero attached hydrogens (tertiary/aromatic N) is 2. The molecule has 20 heavy (non-hydrogen) atoms. The van der Waals surface area contributed by atoms with Crippen molar-refractivity contribution in [2.75, 3.05) is 19.6 Å². The second-order valence-electron chi connectivity index (χ2n) is 5.61. The third-order valence-corrected chi connectivity index (χ3v) is 4.27. The second kappa shape index (κ2) is 6.24. The summed E-state index contributed by atoms with van der Waals surface area (Å²) in [4.78, 5) is 38.6. The van der Waals surface area contributed by atoms with E-state index in [2.05, 4.69) is 0 Å². The van der Waals surface area contributed by atoms with Gasteiger partial charge in [0.15, 0.2) is 0 Å². The molecule has 6 nitrogen and oxygen atoms in total.